The topological polar surface area (TPSA) is 49.6 Å². The molecule has 1 aromatic rings. The van der Waals surface area contributed by atoms with E-state index in [1.165, 1.54) is 5.56 Å². The van der Waals surface area contributed by atoms with E-state index < -0.39 is 0 Å². The summed E-state index contributed by atoms with van der Waals surface area (Å²) in [6.07, 6.45) is 0.910. The van der Waals surface area contributed by atoms with E-state index in [2.05, 4.69) is 12.1 Å². The summed E-state index contributed by atoms with van der Waals surface area (Å²) < 4.78 is 0. The van der Waals surface area contributed by atoms with E-state index in [0.29, 0.717) is 19.1 Å². The summed E-state index contributed by atoms with van der Waals surface area (Å²) >= 11 is 0. The fourth-order valence-corrected chi connectivity index (χ4v) is 2.32. The second-order valence-corrected chi connectivity index (χ2v) is 4.88. The van der Waals surface area contributed by atoms with Gasteiger partial charge in [0.05, 0.1) is 6.54 Å². The van der Waals surface area contributed by atoms with Gasteiger partial charge in [0.25, 0.3) is 0 Å². The Morgan fingerprint density at radius 1 is 1.33 bits per heavy atom. The van der Waals surface area contributed by atoms with Crippen LogP contribution in [0.15, 0.2) is 30.3 Å². The molecule has 4 heteroatoms. The molecule has 98 valence electrons. The van der Waals surface area contributed by atoms with Crippen molar-refractivity contribution in [3.8, 4) is 0 Å². The van der Waals surface area contributed by atoms with Crippen LogP contribution in [0.1, 0.15) is 5.56 Å². The second-order valence-electron chi connectivity index (χ2n) is 4.88. The highest BCUT2D eigenvalue weighted by Gasteiger charge is 2.28. The van der Waals surface area contributed by atoms with Crippen molar-refractivity contribution in [2.24, 2.45) is 5.73 Å². The number of hydrogen-bond acceptors (Lipinski definition) is 3. The molecule has 2 N–H and O–H groups in total. The molecule has 1 saturated heterocycles. The number of carbonyl (C=O) groups is 1. The van der Waals surface area contributed by atoms with Crippen LogP contribution >= 0.6 is 0 Å². The van der Waals surface area contributed by atoms with Crippen molar-refractivity contribution in [2.45, 2.75) is 12.5 Å². The lowest BCUT2D eigenvalue weighted by Crippen LogP contribution is -2.57. The van der Waals surface area contributed by atoms with Crippen molar-refractivity contribution in [3.05, 3.63) is 35.9 Å². The van der Waals surface area contributed by atoms with Gasteiger partial charge in [-0.2, -0.15) is 0 Å². The van der Waals surface area contributed by atoms with E-state index in [0.717, 1.165) is 19.5 Å². The summed E-state index contributed by atoms with van der Waals surface area (Å²) in [4.78, 5) is 15.9. The van der Waals surface area contributed by atoms with Gasteiger partial charge in [0, 0.05) is 25.7 Å². The Kier molecular flexibility index (Phi) is 4.33. The molecule has 1 fully saturated rings. The molecule has 1 aliphatic heterocycles. The maximum absolute atomic E-state index is 11.9. The van der Waals surface area contributed by atoms with Crippen LogP contribution in [0.2, 0.25) is 0 Å². The lowest BCUT2D eigenvalue weighted by Gasteiger charge is -2.38. The number of nitrogens with zero attached hydrogens (tertiary/aromatic N) is 2. The van der Waals surface area contributed by atoms with E-state index in [1.54, 1.807) is 0 Å². The monoisotopic (exact) mass is 247 g/mol. The minimum Gasteiger partial charge on any atom is -0.340 e. The summed E-state index contributed by atoms with van der Waals surface area (Å²) in [5.74, 6) is 0.207. The first kappa shape index (κ1) is 13.1. The van der Waals surface area contributed by atoms with Crippen LogP contribution in [0, 0.1) is 0 Å². The van der Waals surface area contributed by atoms with Gasteiger partial charge in [-0.3, -0.25) is 9.69 Å². The van der Waals surface area contributed by atoms with Crippen molar-refractivity contribution in [1.29, 1.82) is 0 Å². The number of rotatable bonds is 4. The Hall–Kier alpha value is -1.39. The quantitative estimate of drug-likeness (QED) is 0.834. The van der Waals surface area contributed by atoms with Crippen LogP contribution in [-0.2, 0) is 11.2 Å². The molecule has 1 aliphatic rings. The number of amides is 1. The predicted molar refractivity (Wildman–Crippen MR) is 72.2 cm³/mol. The molecule has 0 aromatic heterocycles. The zero-order valence-electron chi connectivity index (χ0n) is 10.9. The fourth-order valence-electron chi connectivity index (χ4n) is 2.32. The molecule has 0 spiro atoms. The molecule has 1 aromatic carbocycles. The molecular weight excluding hydrogens is 226 g/mol. The Morgan fingerprint density at radius 3 is 2.72 bits per heavy atom. The van der Waals surface area contributed by atoms with Crippen molar-refractivity contribution in [3.63, 3.8) is 0 Å². The number of hydrogen-bond donors (Lipinski definition) is 1. The third-order valence-corrected chi connectivity index (χ3v) is 3.58. The summed E-state index contributed by atoms with van der Waals surface area (Å²) in [6, 6.07) is 10.6. The molecule has 1 heterocycles. The van der Waals surface area contributed by atoms with Crippen LogP contribution in [-0.4, -0.2) is 55.0 Å². The van der Waals surface area contributed by atoms with Crippen molar-refractivity contribution >= 4 is 5.91 Å². The molecular formula is C14H21N3O. The Labute approximate surface area is 108 Å². The minimum absolute atomic E-state index is 0.207. The number of piperazine rings is 1. The van der Waals surface area contributed by atoms with Gasteiger partial charge in [-0.25, -0.2) is 0 Å². The van der Waals surface area contributed by atoms with Crippen LogP contribution in [0.3, 0.4) is 0 Å². The Balaban J connectivity index is 1.90. The minimum atomic E-state index is 0.207. The highest BCUT2D eigenvalue weighted by atomic mass is 16.2. The lowest BCUT2D eigenvalue weighted by molar-refractivity contribution is -0.137. The van der Waals surface area contributed by atoms with E-state index in [9.17, 15) is 4.79 Å². The molecule has 2 rings (SSSR count). The van der Waals surface area contributed by atoms with E-state index >= 15 is 0 Å². The molecule has 0 saturated carbocycles. The maximum atomic E-state index is 11.9. The summed E-state index contributed by atoms with van der Waals surface area (Å²) in [6.45, 7) is 2.62. The first-order valence-corrected chi connectivity index (χ1v) is 6.42. The smallest absolute Gasteiger partial charge is 0.236 e. The highest BCUT2D eigenvalue weighted by Crippen LogP contribution is 2.09. The largest absolute Gasteiger partial charge is 0.340 e. The standard InChI is InChI=1S/C14H21N3O/c1-16-11-14(18)17(10-13(16)9-15)8-7-12-5-3-2-4-6-12/h2-6,13H,7-11,15H2,1H3. The first-order chi connectivity index (χ1) is 8.70. The average molecular weight is 247 g/mol. The molecule has 4 nitrogen and oxygen atoms in total. The normalized spacial score (nSPS) is 21.3. The van der Waals surface area contributed by atoms with Gasteiger partial charge >= 0.3 is 0 Å². The number of likely N-dealkylation sites (N-methyl/N-ethyl adjacent to an activating group) is 1. The zero-order valence-corrected chi connectivity index (χ0v) is 10.9. The molecule has 0 bridgehead atoms. The van der Waals surface area contributed by atoms with Gasteiger partial charge in [0.15, 0.2) is 0 Å². The van der Waals surface area contributed by atoms with Crippen molar-refractivity contribution in [1.82, 2.24) is 9.80 Å². The van der Waals surface area contributed by atoms with Gasteiger partial charge in [0.2, 0.25) is 5.91 Å². The third kappa shape index (κ3) is 3.09. The molecule has 18 heavy (non-hydrogen) atoms. The molecule has 1 atom stereocenters. The second kappa shape index (κ2) is 5.98. The van der Waals surface area contributed by atoms with Gasteiger partial charge < -0.3 is 10.6 Å². The maximum Gasteiger partial charge on any atom is 0.236 e. The van der Waals surface area contributed by atoms with Gasteiger partial charge in [-0.15, -0.1) is 0 Å². The van der Waals surface area contributed by atoms with E-state index in [-0.39, 0.29) is 5.91 Å². The number of benzene rings is 1. The molecule has 0 aliphatic carbocycles. The summed E-state index contributed by atoms with van der Waals surface area (Å²) in [5.41, 5.74) is 7.00. The molecule has 0 radical (unpaired) electrons. The van der Waals surface area contributed by atoms with E-state index in [1.807, 2.05) is 35.0 Å². The van der Waals surface area contributed by atoms with Gasteiger partial charge in [0.1, 0.15) is 0 Å². The average Bonchev–Trinajstić information content (AvgIpc) is 2.39. The van der Waals surface area contributed by atoms with Crippen LogP contribution in [0.25, 0.3) is 0 Å². The first-order valence-electron chi connectivity index (χ1n) is 6.42. The highest BCUT2D eigenvalue weighted by molar-refractivity contribution is 5.79. The number of carbonyl (C=O) groups excluding carboxylic acids is 1. The van der Waals surface area contributed by atoms with Crippen molar-refractivity contribution < 1.29 is 4.79 Å². The zero-order chi connectivity index (χ0) is 13.0. The predicted octanol–water partition coefficient (Wildman–Crippen LogP) is 0.330. The summed E-state index contributed by atoms with van der Waals surface area (Å²) in [5, 5.41) is 0. The third-order valence-electron chi connectivity index (χ3n) is 3.58. The van der Waals surface area contributed by atoms with Gasteiger partial charge in [-0.05, 0) is 19.0 Å². The lowest BCUT2D eigenvalue weighted by atomic mass is 10.1. The Morgan fingerprint density at radius 2 is 2.06 bits per heavy atom. The fraction of sp³-hybridized carbons (Fsp3) is 0.500. The van der Waals surface area contributed by atoms with E-state index in [4.69, 9.17) is 5.73 Å². The SMILES string of the molecule is CN1CC(=O)N(CCc2ccccc2)CC1CN. The number of nitrogens with two attached hydrogens (primary N) is 1. The van der Waals surface area contributed by atoms with Crippen molar-refractivity contribution in [2.75, 3.05) is 33.2 Å². The van der Waals surface area contributed by atoms with Crippen LogP contribution in [0.5, 0.6) is 0 Å². The van der Waals surface area contributed by atoms with Crippen LogP contribution in [0.4, 0.5) is 0 Å². The Bertz CT molecular complexity index is 393. The van der Waals surface area contributed by atoms with Crippen LogP contribution < -0.4 is 5.73 Å². The molecule has 1 amide bonds. The van der Waals surface area contributed by atoms with Gasteiger partial charge in [-0.1, -0.05) is 30.3 Å². The summed E-state index contributed by atoms with van der Waals surface area (Å²) in [7, 11) is 1.96. The molecule has 1 unspecified atom stereocenters.